The molecule has 10 heteroatoms. The van der Waals surface area contributed by atoms with Crippen molar-refractivity contribution in [2.45, 2.75) is 33.0 Å². The van der Waals surface area contributed by atoms with Crippen LogP contribution in [0.2, 0.25) is 0 Å². The lowest BCUT2D eigenvalue weighted by molar-refractivity contribution is -0.153. The van der Waals surface area contributed by atoms with Crippen molar-refractivity contribution in [1.29, 1.82) is 5.26 Å². The fraction of sp³-hybridized carbons (Fsp3) is 0.273. The Bertz CT molecular complexity index is 1170. The fourth-order valence-electron chi connectivity index (χ4n) is 2.97. The topological polar surface area (TPSA) is 92.8 Å². The molecule has 1 aromatic carbocycles. The molecule has 1 N–H and O–H groups in total. The normalized spacial score (nSPS) is 11.1. The number of hydrogen-bond acceptors (Lipinski definition) is 5. The highest BCUT2D eigenvalue weighted by Crippen LogP contribution is 2.23. The molecule has 7 nitrogen and oxygen atoms in total. The molecule has 2 heterocycles. The predicted octanol–water partition coefficient (Wildman–Crippen LogP) is 3.94. The molecule has 0 radical (unpaired) electrons. The highest BCUT2D eigenvalue weighted by molar-refractivity contribution is 5.91. The van der Waals surface area contributed by atoms with E-state index in [4.69, 9.17) is 10.00 Å². The molecule has 1 amide bonds. The van der Waals surface area contributed by atoms with E-state index < -0.39 is 12.8 Å². The molecule has 166 valence electrons. The number of aromatic nitrogens is 3. The zero-order valence-corrected chi connectivity index (χ0v) is 17.4. The SMILES string of the molecule is Cc1cc(CC(=O)Nc2ccn(Cc3ccc(C)c(C#N)n3)n2)ccc1OCC(F)(F)F. The van der Waals surface area contributed by atoms with Gasteiger partial charge in [-0.1, -0.05) is 18.2 Å². The van der Waals surface area contributed by atoms with E-state index in [-0.39, 0.29) is 18.1 Å². The van der Waals surface area contributed by atoms with E-state index in [0.29, 0.717) is 34.9 Å². The van der Waals surface area contributed by atoms with E-state index in [1.807, 2.05) is 19.1 Å². The molecule has 3 rings (SSSR count). The second-order valence-electron chi connectivity index (χ2n) is 7.21. The van der Waals surface area contributed by atoms with Crippen LogP contribution >= 0.6 is 0 Å². The van der Waals surface area contributed by atoms with Gasteiger partial charge in [0.15, 0.2) is 12.4 Å². The highest BCUT2D eigenvalue weighted by Gasteiger charge is 2.28. The van der Waals surface area contributed by atoms with Crippen molar-refractivity contribution in [3.63, 3.8) is 0 Å². The van der Waals surface area contributed by atoms with Crippen LogP contribution in [-0.2, 0) is 17.8 Å². The number of carbonyl (C=O) groups excluding carboxylic acids is 1. The summed E-state index contributed by atoms with van der Waals surface area (Å²) >= 11 is 0. The first kappa shape index (κ1) is 22.8. The van der Waals surface area contributed by atoms with Crippen LogP contribution < -0.4 is 10.1 Å². The minimum absolute atomic E-state index is 0.0261. The number of aryl methyl sites for hydroxylation is 2. The van der Waals surface area contributed by atoms with Crippen molar-refractivity contribution in [3.8, 4) is 11.8 Å². The summed E-state index contributed by atoms with van der Waals surface area (Å²) in [5, 5.41) is 16.1. The summed E-state index contributed by atoms with van der Waals surface area (Å²) in [6, 6.07) is 11.9. The summed E-state index contributed by atoms with van der Waals surface area (Å²) in [5.41, 5.74) is 2.95. The van der Waals surface area contributed by atoms with E-state index >= 15 is 0 Å². The number of ether oxygens (including phenoxy) is 1. The molecule has 0 bridgehead atoms. The number of anilines is 1. The Kier molecular flexibility index (Phi) is 6.78. The van der Waals surface area contributed by atoms with Crippen molar-refractivity contribution in [2.75, 3.05) is 11.9 Å². The van der Waals surface area contributed by atoms with Crippen LogP contribution in [0.3, 0.4) is 0 Å². The lowest BCUT2D eigenvalue weighted by Gasteiger charge is -2.12. The molecule has 0 spiro atoms. The van der Waals surface area contributed by atoms with Crippen molar-refractivity contribution < 1.29 is 22.7 Å². The Morgan fingerprint density at radius 1 is 1.19 bits per heavy atom. The zero-order chi connectivity index (χ0) is 23.3. The summed E-state index contributed by atoms with van der Waals surface area (Å²) < 4.78 is 43.3. The molecular formula is C22H20F3N5O2. The first-order valence-corrected chi connectivity index (χ1v) is 9.62. The number of amides is 1. The van der Waals surface area contributed by atoms with Crippen LogP contribution in [0.4, 0.5) is 19.0 Å². The second kappa shape index (κ2) is 9.51. The maximum atomic E-state index is 12.3. The van der Waals surface area contributed by atoms with Crippen LogP contribution in [0.5, 0.6) is 5.75 Å². The highest BCUT2D eigenvalue weighted by atomic mass is 19.4. The van der Waals surface area contributed by atoms with Crippen molar-refractivity contribution in [1.82, 2.24) is 14.8 Å². The Labute approximate surface area is 182 Å². The van der Waals surface area contributed by atoms with Crippen LogP contribution in [0, 0.1) is 25.2 Å². The van der Waals surface area contributed by atoms with Crippen molar-refractivity contribution >= 4 is 11.7 Å². The number of nitriles is 1. The van der Waals surface area contributed by atoms with Gasteiger partial charge in [-0.2, -0.15) is 23.5 Å². The molecule has 0 atom stereocenters. The van der Waals surface area contributed by atoms with Gasteiger partial charge in [0.1, 0.15) is 17.5 Å². The number of pyridine rings is 1. The number of alkyl halides is 3. The maximum Gasteiger partial charge on any atom is 0.422 e. The van der Waals surface area contributed by atoms with E-state index in [2.05, 4.69) is 15.4 Å². The first-order valence-electron chi connectivity index (χ1n) is 9.62. The predicted molar refractivity (Wildman–Crippen MR) is 110 cm³/mol. The van der Waals surface area contributed by atoms with Gasteiger partial charge in [-0.15, -0.1) is 0 Å². The third kappa shape index (κ3) is 6.31. The average Bonchev–Trinajstić information content (AvgIpc) is 3.14. The third-order valence-corrected chi connectivity index (χ3v) is 4.49. The zero-order valence-electron chi connectivity index (χ0n) is 17.4. The minimum atomic E-state index is -4.41. The number of benzene rings is 1. The van der Waals surface area contributed by atoms with Gasteiger partial charge in [0, 0.05) is 12.3 Å². The quantitative estimate of drug-likeness (QED) is 0.597. The molecule has 3 aromatic rings. The van der Waals surface area contributed by atoms with Gasteiger partial charge in [0.2, 0.25) is 5.91 Å². The standard InChI is InChI=1S/C22H20F3N5O2/c1-14-3-5-17(27-18(14)11-26)12-30-8-7-20(29-30)28-21(31)10-16-4-6-19(15(2)9-16)32-13-22(23,24)25/h3-9H,10,12-13H2,1-2H3,(H,28,29,31). The molecule has 0 saturated heterocycles. The van der Waals surface area contributed by atoms with Crippen LogP contribution in [0.1, 0.15) is 28.1 Å². The molecule has 32 heavy (non-hydrogen) atoms. The summed E-state index contributed by atoms with van der Waals surface area (Å²) in [6.45, 7) is 2.39. The summed E-state index contributed by atoms with van der Waals surface area (Å²) in [7, 11) is 0. The van der Waals surface area contributed by atoms with Crippen molar-refractivity contribution in [3.05, 3.63) is 70.7 Å². The molecule has 0 aliphatic carbocycles. The Hall–Kier alpha value is -3.87. The summed E-state index contributed by atoms with van der Waals surface area (Å²) in [4.78, 5) is 16.6. The van der Waals surface area contributed by atoms with Crippen LogP contribution in [0.25, 0.3) is 0 Å². The van der Waals surface area contributed by atoms with E-state index in [1.165, 1.54) is 6.07 Å². The first-order chi connectivity index (χ1) is 15.1. The average molecular weight is 443 g/mol. The lowest BCUT2D eigenvalue weighted by Crippen LogP contribution is -2.19. The van der Waals surface area contributed by atoms with Gasteiger partial charge in [-0.25, -0.2) is 4.98 Å². The number of hydrogen-bond donors (Lipinski definition) is 1. The number of nitrogens with zero attached hydrogens (tertiary/aromatic N) is 4. The lowest BCUT2D eigenvalue weighted by atomic mass is 10.1. The fourth-order valence-corrected chi connectivity index (χ4v) is 2.97. The number of rotatable bonds is 7. The molecule has 0 saturated carbocycles. The van der Waals surface area contributed by atoms with Gasteiger partial charge < -0.3 is 10.1 Å². The Morgan fingerprint density at radius 2 is 1.97 bits per heavy atom. The number of carbonyl (C=O) groups is 1. The van der Waals surface area contributed by atoms with Crippen LogP contribution in [0.15, 0.2) is 42.6 Å². The monoisotopic (exact) mass is 443 g/mol. The van der Waals surface area contributed by atoms with Gasteiger partial charge in [-0.3, -0.25) is 9.48 Å². The van der Waals surface area contributed by atoms with E-state index in [1.54, 1.807) is 42.1 Å². The molecule has 2 aromatic heterocycles. The molecular weight excluding hydrogens is 423 g/mol. The van der Waals surface area contributed by atoms with Gasteiger partial charge in [0.25, 0.3) is 0 Å². The molecule has 0 aliphatic heterocycles. The summed E-state index contributed by atoms with van der Waals surface area (Å²) in [6.07, 6.45) is -2.71. The molecule has 0 unspecified atom stereocenters. The smallest absolute Gasteiger partial charge is 0.422 e. The van der Waals surface area contributed by atoms with Gasteiger partial charge in [-0.05, 0) is 42.7 Å². The van der Waals surface area contributed by atoms with E-state index in [0.717, 1.165) is 5.56 Å². The Balaban J connectivity index is 1.57. The molecule has 0 fully saturated rings. The number of nitrogens with one attached hydrogen (secondary N) is 1. The summed E-state index contributed by atoms with van der Waals surface area (Å²) in [5.74, 6) is 0.151. The minimum Gasteiger partial charge on any atom is -0.484 e. The van der Waals surface area contributed by atoms with Gasteiger partial charge in [0.05, 0.1) is 18.7 Å². The van der Waals surface area contributed by atoms with Gasteiger partial charge >= 0.3 is 6.18 Å². The van der Waals surface area contributed by atoms with E-state index in [9.17, 15) is 18.0 Å². The maximum absolute atomic E-state index is 12.3. The van der Waals surface area contributed by atoms with Crippen LogP contribution in [-0.4, -0.2) is 33.5 Å². The largest absolute Gasteiger partial charge is 0.484 e. The Morgan fingerprint density at radius 3 is 2.66 bits per heavy atom. The third-order valence-electron chi connectivity index (χ3n) is 4.49. The second-order valence-corrected chi connectivity index (χ2v) is 7.21. The number of halogens is 3. The van der Waals surface area contributed by atoms with Crippen molar-refractivity contribution in [2.24, 2.45) is 0 Å². The molecule has 0 aliphatic rings.